The van der Waals surface area contributed by atoms with Crippen molar-refractivity contribution in [3.63, 3.8) is 0 Å². The lowest BCUT2D eigenvalue weighted by Gasteiger charge is -2.34. The fourth-order valence-corrected chi connectivity index (χ4v) is 2.13. The molecule has 1 aliphatic rings. The van der Waals surface area contributed by atoms with Crippen LogP contribution in [-0.4, -0.2) is 22.4 Å². The van der Waals surface area contributed by atoms with Crippen molar-refractivity contribution < 1.29 is 10.2 Å². The van der Waals surface area contributed by atoms with E-state index in [4.69, 9.17) is 0 Å². The van der Waals surface area contributed by atoms with Crippen LogP contribution in [-0.2, 0) is 0 Å². The van der Waals surface area contributed by atoms with Gasteiger partial charge in [-0.3, -0.25) is 0 Å². The van der Waals surface area contributed by atoms with Crippen molar-refractivity contribution in [3.05, 3.63) is 0 Å². The Morgan fingerprint density at radius 1 is 1.42 bits per heavy atom. The van der Waals surface area contributed by atoms with E-state index in [0.29, 0.717) is 5.92 Å². The van der Waals surface area contributed by atoms with Gasteiger partial charge >= 0.3 is 0 Å². The molecule has 4 atom stereocenters. The Balaban J connectivity index is 2.48. The summed E-state index contributed by atoms with van der Waals surface area (Å²) in [5.41, 5.74) is 0. The van der Waals surface area contributed by atoms with Crippen LogP contribution in [0.15, 0.2) is 0 Å². The number of aliphatic hydroxyl groups excluding tert-OH is 2. The lowest BCUT2D eigenvalue weighted by Crippen LogP contribution is -2.36. The summed E-state index contributed by atoms with van der Waals surface area (Å²) >= 11 is 0. The highest BCUT2D eigenvalue weighted by atomic mass is 16.3. The van der Waals surface area contributed by atoms with Gasteiger partial charge in [0.05, 0.1) is 12.2 Å². The summed E-state index contributed by atoms with van der Waals surface area (Å²) in [7, 11) is 0. The topological polar surface area (TPSA) is 40.5 Å². The molecule has 0 saturated heterocycles. The fraction of sp³-hybridized carbons (Fsp3) is 1.00. The van der Waals surface area contributed by atoms with Gasteiger partial charge in [0, 0.05) is 5.92 Å². The van der Waals surface area contributed by atoms with Gasteiger partial charge in [-0.15, -0.1) is 0 Å². The van der Waals surface area contributed by atoms with Gasteiger partial charge in [-0.1, -0.05) is 13.8 Å². The molecule has 0 spiro atoms. The molecular weight excluding hydrogens is 152 g/mol. The van der Waals surface area contributed by atoms with Gasteiger partial charge in [-0.05, 0) is 31.6 Å². The van der Waals surface area contributed by atoms with Gasteiger partial charge in [-0.25, -0.2) is 0 Å². The van der Waals surface area contributed by atoms with Crippen LogP contribution in [0.25, 0.3) is 0 Å². The van der Waals surface area contributed by atoms with Crippen molar-refractivity contribution in [3.8, 4) is 0 Å². The molecule has 0 aromatic carbocycles. The predicted molar refractivity (Wildman–Crippen MR) is 48.8 cm³/mol. The lowest BCUT2D eigenvalue weighted by atomic mass is 9.77. The molecule has 0 aliphatic heterocycles. The zero-order chi connectivity index (χ0) is 9.14. The first kappa shape index (κ1) is 10.0. The molecule has 0 bridgehead atoms. The standard InChI is InChI=1S/C10H20O2/c1-3-9(11)8-6-7(2)4-5-10(8)12/h7-12H,3-6H2,1-2H3. The summed E-state index contributed by atoms with van der Waals surface area (Å²) in [4.78, 5) is 0. The van der Waals surface area contributed by atoms with E-state index in [9.17, 15) is 10.2 Å². The van der Waals surface area contributed by atoms with E-state index < -0.39 is 0 Å². The summed E-state index contributed by atoms with van der Waals surface area (Å²) in [6.07, 6.45) is 3.14. The highest BCUT2D eigenvalue weighted by molar-refractivity contribution is 4.82. The number of aliphatic hydroxyl groups is 2. The third kappa shape index (κ3) is 2.20. The molecule has 1 fully saturated rings. The van der Waals surface area contributed by atoms with E-state index in [1.807, 2.05) is 6.92 Å². The van der Waals surface area contributed by atoms with Crippen LogP contribution in [0.2, 0.25) is 0 Å². The summed E-state index contributed by atoms with van der Waals surface area (Å²) < 4.78 is 0. The van der Waals surface area contributed by atoms with Crippen LogP contribution in [0, 0.1) is 11.8 Å². The van der Waals surface area contributed by atoms with E-state index >= 15 is 0 Å². The summed E-state index contributed by atoms with van der Waals surface area (Å²) in [6, 6.07) is 0. The normalized spacial score (nSPS) is 39.5. The van der Waals surface area contributed by atoms with Crippen LogP contribution < -0.4 is 0 Å². The SMILES string of the molecule is CCC(O)C1CC(C)CCC1O. The Morgan fingerprint density at radius 2 is 2.08 bits per heavy atom. The molecule has 0 aromatic rings. The number of rotatable bonds is 2. The molecule has 2 heteroatoms. The van der Waals surface area contributed by atoms with Crippen molar-refractivity contribution in [2.45, 2.75) is 51.7 Å². The van der Waals surface area contributed by atoms with E-state index in [2.05, 4.69) is 6.92 Å². The molecule has 0 aromatic heterocycles. The van der Waals surface area contributed by atoms with Crippen molar-refractivity contribution in [1.82, 2.24) is 0 Å². The van der Waals surface area contributed by atoms with E-state index in [0.717, 1.165) is 25.7 Å². The quantitative estimate of drug-likeness (QED) is 0.663. The molecule has 0 heterocycles. The molecule has 1 rings (SSSR count). The monoisotopic (exact) mass is 172 g/mol. The van der Waals surface area contributed by atoms with Crippen molar-refractivity contribution in [2.24, 2.45) is 11.8 Å². The summed E-state index contributed by atoms with van der Waals surface area (Å²) in [6.45, 7) is 4.16. The molecule has 0 amide bonds. The Kier molecular flexibility index (Phi) is 3.53. The van der Waals surface area contributed by atoms with Crippen LogP contribution >= 0.6 is 0 Å². The predicted octanol–water partition coefficient (Wildman–Crippen LogP) is 1.55. The first-order valence-electron chi connectivity index (χ1n) is 5.01. The van der Waals surface area contributed by atoms with E-state index in [1.54, 1.807) is 0 Å². The first-order chi connectivity index (χ1) is 5.65. The molecule has 2 N–H and O–H groups in total. The van der Waals surface area contributed by atoms with Gasteiger partial charge in [0.2, 0.25) is 0 Å². The van der Waals surface area contributed by atoms with Crippen LogP contribution in [0.1, 0.15) is 39.5 Å². The molecule has 12 heavy (non-hydrogen) atoms. The number of hydrogen-bond donors (Lipinski definition) is 2. The fourth-order valence-electron chi connectivity index (χ4n) is 2.13. The maximum absolute atomic E-state index is 9.63. The second-order valence-corrected chi connectivity index (χ2v) is 4.13. The van der Waals surface area contributed by atoms with Crippen molar-refractivity contribution in [2.75, 3.05) is 0 Å². The largest absolute Gasteiger partial charge is 0.393 e. The van der Waals surface area contributed by atoms with Gasteiger partial charge in [0.1, 0.15) is 0 Å². The highest BCUT2D eigenvalue weighted by Gasteiger charge is 2.31. The summed E-state index contributed by atoms with van der Waals surface area (Å²) in [5.74, 6) is 0.790. The molecule has 0 radical (unpaired) electrons. The molecule has 2 nitrogen and oxygen atoms in total. The van der Waals surface area contributed by atoms with Gasteiger partial charge in [-0.2, -0.15) is 0 Å². The second kappa shape index (κ2) is 4.24. The second-order valence-electron chi connectivity index (χ2n) is 4.13. The lowest BCUT2D eigenvalue weighted by molar-refractivity contribution is -0.0257. The smallest absolute Gasteiger partial charge is 0.0593 e. The Morgan fingerprint density at radius 3 is 2.67 bits per heavy atom. The average Bonchev–Trinajstić information content (AvgIpc) is 2.08. The maximum Gasteiger partial charge on any atom is 0.0593 e. The van der Waals surface area contributed by atoms with Crippen LogP contribution in [0.3, 0.4) is 0 Å². The third-order valence-electron chi connectivity index (χ3n) is 3.04. The van der Waals surface area contributed by atoms with E-state index in [1.165, 1.54) is 0 Å². The zero-order valence-corrected chi connectivity index (χ0v) is 8.03. The third-order valence-corrected chi connectivity index (χ3v) is 3.04. The zero-order valence-electron chi connectivity index (χ0n) is 8.03. The minimum Gasteiger partial charge on any atom is -0.393 e. The molecule has 1 aliphatic carbocycles. The highest BCUT2D eigenvalue weighted by Crippen LogP contribution is 2.31. The van der Waals surface area contributed by atoms with Crippen molar-refractivity contribution >= 4 is 0 Å². The average molecular weight is 172 g/mol. The van der Waals surface area contributed by atoms with Gasteiger partial charge in [0.15, 0.2) is 0 Å². The molecule has 72 valence electrons. The Bertz CT molecular complexity index is 132. The maximum atomic E-state index is 9.63. The first-order valence-corrected chi connectivity index (χ1v) is 5.01. The molecule has 4 unspecified atom stereocenters. The Labute approximate surface area is 74.6 Å². The minimum absolute atomic E-state index is 0.124. The summed E-state index contributed by atoms with van der Waals surface area (Å²) in [5, 5.41) is 19.2. The van der Waals surface area contributed by atoms with Crippen molar-refractivity contribution in [1.29, 1.82) is 0 Å². The van der Waals surface area contributed by atoms with E-state index in [-0.39, 0.29) is 18.1 Å². The van der Waals surface area contributed by atoms with Gasteiger partial charge in [0.25, 0.3) is 0 Å². The molecular formula is C10H20O2. The number of hydrogen-bond acceptors (Lipinski definition) is 2. The van der Waals surface area contributed by atoms with Crippen LogP contribution in [0.5, 0.6) is 0 Å². The Hall–Kier alpha value is -0.0800. The minimum atomic E-state index is -0.303. The van der Waals surface area contributed by atoms with Gasteiger partial charge < -0.3 is 10.2 Å². The molecule has 1 saturated carbocycles. The van der Waals surface area contributed by atoms with Crippen LogP contribution in [0.4, 0.5) is 0 Å².